The first-order chi connectivity index (χ1) is 16.0. The maximum absolute atomic E-state index is 13.2. The lowest BCUT2D eigenvalue weighted by Gasteiger charge is -2.32. The van der Waals surface area contributed by atoms with E-state index < -0.39 is 6.17 Å². The molecule has 4 nitrogen and oxygen atoms in total. The van der Waals surface area contributed by atoms with Gasteiger partial charge in [0.05, 0.1) is 6.61 Å². The molecule has 1 amide bonds. The van der Waals surface area contributed by atoms with E-state index in [4.69, 9.17) is 4.74 Å². The molecule has 2 aromatic rings. The van der Waals surface area contributed by atoms with E-state index in [0.29, 0.717) is 25.0 Å². The van der Waals surface area contributed by atoms with Gasteiger partial charge in [0, 0.05) is 25.2 Å². The van der Waals surface area contributed by atoms with Gasteiger partial charge in [-0.2, -0.15) is 0 Å². The van der Waals surface area contributed by atoms with Gasteiger partial charge in [0.15, 0.2) is 0 Å². The Bertz CT molecular complexity index is 889. The van der Waals surface area contributed by atoms with Gasteiger partial charge >= 0.3 is 0 Å². The second-order valence-electron chi connectivity index (χ2n) is 9.94. The lowest BCUT2D eigenvalue weighted by molar-refractivity contribution is 0.0683. The Morgan fingerprint density at radius 3 is 2.24 bits per heavy atom. The summed E-state index contributed by atoms with van der Waals surface area (Å²) in [6, 6.07) is 16.1. The Balaban J connectivity index is 1.27. The van der Waals surface area contributed by atoms with Crippen molar-refractivity contribution in [2.24, 2.45) is 11.8 Å². The number of amides is 1. The summed E-state index contributed by atoms with van der Waals surface area (Å²) in [6.07, 6.45) is 3.67. The highest BCUT2D eigenvalue weighted by atomic mass is 19.1. The summed E-state index contributed by atoms with van der Waals surface area (Å²) < 4.78 is 19.2. The van der Waals surface area contributed by atoms with Crippen LogP contribution in [0.25, 0.3) is 11.1 Å². The number of benzene rings is 2. The number of halogens is 1. The molecule has 0 bridgehead atoms. The normalized spacial score (nSPS) is 21.1. The molecule has 4 rings (SSSR count). The molecule has 0 saturated carbocycles. The van der Waals surface area contributed by atoms with Gasteiger partial charge in [0.1, 0.15) is 11.9 Å². The number of hydrogen-bond donors (Lipinski definition) is 0. The Labute approximate surface area is 197 Å². The molecule has 33 heavy (non-hydrogen) atoms. The molecular formula is C28H37FN2O2. The van der Waals surface area contributed by atoms with Gasteiger partial charge in [-0.3, -0.25) is 4.79 Å². The molecule has 0 aromatic heterocycles. The lowest BCUT2D eigenvalue weighted by atomic mass is 9.97. The number of carbonyl (C=O) groups is 1. The van der Waals surface area contributed by atoms with Gasteiger partial charge in [-0.1, -0.05) is 31.2 Å². The van der Waals surface area contributed by atoms with E-state index in [1.54, 1.807) is 6.92 Å². The molecule has 0 aliphatic carbocycles. The van der Waals surface area contributed by atoms with E-state index in [1.807, 2.05) is 41.3 Å². The number of nitrogens with zero attached hydrogens (tertiary/aromatic N) is 2. The smallest absolute Gasteiger partial charge is 0.253 e. The van der Waals surface area contributed by atoms with Gasteiger partial charge in [-0.15, -0.1) is 0 Å². The molecule has 0 radical (unpaired) electrons. The summed E-state index contributed by atoms with van der Waals surface area (Å²) in [5.74, 6) is 2.14. The molecule has 2 aliphatic rings. The number of ether oxygens (including phenoxy) is 1. The van der Waals surface area contributed by atoms with E-state index in [0.717, 1.165) is 67.9 Å². The minimum absolute atomic E-state index is 0.141. The number of carbonyl (C=O) groups excluding carboxylic acids is 1. The fraction of sp³-hybridized carbons (Fsp3) is 0.536. The lowest BCUT2D eigenvalue weighted by Crippen LogP contribution is -2.39. The molecule has 2 unspecified atom stereocenters. The average Bonchev–Trinajstić information content (AvgIpc) is 2.83. The Hall–Kier alpha value is -2.40. The number of hydrogen-bond acceptors (Lipinski definition) is 3. The summed E-state index contributed by atoms with van der Waals surface area (Å²) in [5, 5.41) is 0. The fourth-order valence-electron chi connectivity index (χ4n) is 5.01. The Morgan fingerprint density at radius 2 is 1.64 bits per heavy atom. The largest absolute Gasteiger partial charge is 0.493 e. The van der Waals surface area contributed by atoms with Gasteiger partial charge in [-0.25, -0.2) is 4.39 Å². The Morgan fingerprint density at radius 1 is 1.00 bits per heavy atom. The van der Waals surface area contributed by atoms with Crippen LogP contribution in [0.3, 0.4) is 0 Å². The monoisotopic (exact) mass is 452 g/mol. The summed E-state index contributed by atoms with van der Waals surface area (Å²) in [4.78, 5) is 17.0. The van der Waals surface area contributed by atoms with E-state index in [-0.39, 0.29) is 5.91 Å². The van der Waals surface area contributed by atoms with Crippen LogP contribution in [0.4, 0.5) is 4.39 Å². The zero-order valence-corrected chi connectivity index (χ0v) is 20.0. The fourth-order valence-corrected chi connectivity index (χ4v) is 5.01. The topological polar surface area (TPSA) is 32.8 Å². The minimum Gasteiger partial charge on any atom is -0.493 e. The first-order valence-electron chi connectivity index (χ1n) is 12.5. The SMILES string of the molecule is CC(F)CN1CCC(COc2ccc(-c3ccc(C(=O)N4CCCC(C)C4)cc3)cc2)CC1. The Kier molecular flexibility index (Phi) is 8.02. The number of piperidine rings is 2. The summed E-state index contributed by atoms with van der Waals surface area (Å²) in [6.45, 7) is 8.73. The number of alkyl halides is 1. The third-order valence-electron chi connectivity index (χ3n) is 6.97. The molecular weight excluding hydrogens is 415 g/mol. The van der Waals surface area contributed by atoms with Crippen molar-refractivity contribution in [2.45, 2.75) is 45.7 Å². The van der Waals surface area contributed by atoms with E-state index >= 15 is 0 Å². The van der Waals surface area contributed by atoms with Crippen molar-refractivity contribution in [1.29, 1.82) is 0 Å². The van der Waals surface area contributed by atoms with Crippen molar-refractivity contribution >= 4 is 5.91 Å². The first kappa shape index (κ1) is 23.7. The number of rotatable bonds is 7. The van der Waals surface area contributed by atoms with Crippen LogP contribution in [-0.2, 0) is 0 Å². The zero-order valence-electron chi connectivity index (χ0n) is 20.0. The summed E-state index contributed by atoms with van der Waals surface area (Å²) >= 11 is 0. The predicted octanol–water partition coefficient (Wildman–Crippen LogP) is 5.67. The molecule has 5 heteroatoms. The standard InChI is InChI=1S/C28H37FN2O2/c1-21-4-3-15-31(18-21)28(32)26-7-5-24(6-8-26)25-9-11-27(12-10-25)33-20-23-13-16-30(17-14-23)19-22(2)29/h5-12,21-23H,3-4,13-20H2,1-2H3. The van der Waals surface area contributed by atoms with Crippen LogP contribution in [0.1, 0.15) is 49.9 Å². The molecule has 2 fully saturated rings. The van der Waals surface area contributed by atoms with Crippen LogP contribution in [0, 0.1) is 11.8 Å². The van der Waals surface area contributed by atoms with E-state index in [2.05, 4.69) is 24.0 Å². The molecule has 2 heterocycles. The third-order valence-corrected chi connectivity index (χ3v) is 6.97. The van der Waals surface area contributed by atoms with Crippen LogP contribution >= 0.6 is 0 Å². The van der Waals surface area contributed by atoms with E-state index in [9.17, 15) is 9.18 Å². The quantitative estimate of drug-likeness (QED) is 0.542. The predicted molar refractivity (Wildman–Crippen MR) is 131 cm³/mol. The van der Waals surface area contributed by atoms with Crippen LogP contribution in [0.2, 0.25) is 0 Å². The van der Waals surface area contributed by atoms with Crippen molar-refractivity contribution in [3.8, 4) is 16.9 Å². The van der Waals surface area contributed by atoms with Crippen LogP contribution in [-0.4, -0.2) is 61.2 Å². The van der Waals surface area contributed by atoms with Crippen LogP contribution < -0.4 is 4.74 Å². The summed E-state index contributed by atoms with van der Waals surface area (Å²) in [7, 11) is 0. The van der Waals surface area contributed by atoms with Crippen molar-refractivity contribution < 1.29 is 13.9 Å². The second kappa shape index (κ2) is 11.1. The molecule has 2 saturated heterocycles. The second-order valence-corrected chi connectivity index (χ2v) is 9.94. The van der Waals surface area contributed by atoms with E-state index in [1.165, 1.54) is 6.42 Å². The molecule has 2 atom stereocenters. The highest BCUT2D eigenvalue weighted by molar-refractivity contribution is 5.94. The molecule has 2 aromatic carbocycles. The van der Waals surface area contributed by atoms with Crippen molar-refractivity contribution in [3.63, 3.8) is 0 Å². The molecule has 2 aliphatic heterocycles. The van der Waals surface area contributed by atoms with Crippen LogP contribution in [0.5, 0.6) is 5.75 Å². The summed E-state index contributed by atoms with van der Waals surface area (Å²) in [5.41, 5.74) is 2.97. The zero-order chi connectivity index (χ0) is 23.2. The highest BCUT2D eigenvalue weighted by Gasteiger charge is 2.22. The molecule has 0 spiro atoms. The molecule has 178 valence electrons. The highest BCUT2D eigenvalue weighted by Crippen LogP contribution is 2.25. The van der Waals surface area contributed by atoms with Crippen molar-refractivity contribution in [2.75, 3.05) is 39.3 Å². The van der Waals surface area contributed by atoms with Crippen molar-refractivity contribution in [3.05, 3.63) is 54.1 Å². The van der Waals surface area contributed by atoms with Crippen molar-refractivity contribution in [1.82, 2.24) is 9.80 Å². The number of likely N-dealkylation sites (tertiary alicyclic amines) is 2. The average molecular weight is 453 g/mol. The van der Waals surface area contributed by atoms with Gasteiger partial charge in [0.25, 0.3) is 5.91 Å². The van der Waals surface area contributed by atoms with Gasteiger partial charge in [0.2, 0.25) is 0 Å². The van der Waals surface area contributed by atoms with Gasteiger partial charge in [-0.05, 0) is 92.9 Å². The minimum atomic E-state index is -0.758. The van der Waals surface area contributed by atoms with Gasteiger partial charge < -0.3 is 14.5 Å². The first-order valence-corrected chi connectivity index (χ1v) is 12.5. The van der Waals surface area contributed by atoms with Crippen LogP contribution in [0.15, 0.2) is 48.5 Å². The maximum Gasteiger partial charge on any atom is 0.253 e. The third kappa shape index (κ3) is 6.57. The molecule has 0 N–H and O–H groups in total. The maximum atomic E-state index is 13.2.